The second-order valence-electron chi connectivity index (χ2n) is 5.37. The van der Waals surface area contributed by atoms with Crippen LogP contribution in [-0.4, -0.2) is 5.78 Å². The first-order chi connectivity index (χ1) is 10.1. The highest BCUT2D eigenvalue weighted by molar-refractivity contribution is 5.97. The van der Waals surface area contributed by atoms with E-state index in [-0.39, 0.29) is 11.7 Å². The number of hydrogen-bond donors (Lipinski definition) is 0. The standard InChI is InChI=1S/C20H20O/c1-4-16(3)20(21)13-10-17-8-11-18(12-9-17)19-7-5-6-15(2)14-19/h5-9,11-12,14,16H,4H2,1-3H3. The number of ketones is 1. The van der Waals surface area contributed by atoms with Gasteiger partial charge in [-0.2, -0.15) is 0 Å². The summed E-state index contributed by atoms with van der Waals surface area (Å²) in [7, 11) is 0. The number of carbonyl (C=O) groups excluding carboxylic acids is 1. The maximum atomic E-state index is 11.7. The topological polar surface area (TPSA) is 17.1 Å². The zero-order valence-corrected chi connectivity index (χ0v) is 12.8. The molecule has 0 saturated heterocycles. The smallest absolute Gasteiger partial charge is 0.208 e. The Morgan fingerprint density at radius 3 is 2.43 bits per heavy atom. The van der Waals surface area contributed by atoms with Crippen LogP contribution in [0, 0.1) is 24.7 Å². The van der Waals surface area contributed by atoms with Crippen LogP contribution in [0.3, 0.4) is 0 Å². The number of benzene rings is 2. The Hall–Kier alpha value is -2.33. The molecule has 0 N–H and O–H groups in total. The Balaban J connectivity index is 2.17. The van der Waals surface area contributed by atoms with E-state index >= 15 is 0 Å². The quantitative estimate of drug-likeness (QED) is 0.747. The summed E-state index contributed by atoms with van der Waals surface area (Å²) >= 11 is 0. The summed E-state index contributed by atoms with van der Waals surface area (Å²) in [5.74, 6) is 5.71. The van der Waals surface area contributed by atoms with E-state index in [0.29, 0.717) is 0 Å². The third-order valence-electron chi connectivity index (χ3n) is 3.63. The fraction of sp³-hybridized carbons (Fsp3) is 0.250. The summed E-state index contributed by atoms with van der Waals surface area (Å²) in [5, 5.41) is 0. The van der Waals surface area contributed by atoms with Crippen LogP contribution < -0.4 is 0 Å². The van der Waals surface area contributed by atoms with Gasteiger partial charge in [-0.15, -0.1) is 0 Å². The third-order valence-corrected chi connectivity index (χ3v) is 3.63. The van der Waals surface area contributed by atoms with Gasteiger partial charge >= 0.3 is 0 Å². The van der Waals surface area contributed by atoms with Crippen molar-refractivity contribution >= 4 is 5.78 Å². The van der Waals surface area contributed by atoms with E-state index in [2.05, 4.69) is 43.0 Å². The Kier molecular flexibility index (Phi) is 4.95. The Bertz CT molecular complexity index is 684. The van der Waals surface area contributed by atoms with E-state index in [4.69, 9.17) is 0 Å². The summed E-state index contributed by atoms with van der Waals surface area (Å²) in [6.07, 6.45) is 0.833. The van der Waals surface area contributed by atoms with Gasteiger partial charge in [0, 0.05) is 11.5 Å². The van der Waals surface area contributed by atoms with Crippen LogP contribution in [0.25, 0.3) is 11.1 Å². The molecule has 0 aliphatic carbocycles. The summed E-state index contributed by atoms with van der Waals surface area (Å²) in [4.78, 5) is 11.7. The molecule has 0 aromatic heterocycles. The second-order valence-corrected chi connectivity index (χ2v) is 5.37. The minimum absolute atomic E-state index is 0.0141. The molecular formula is C20H20O. The number of carbonyl (C=O) groups is 1. The number of aryl methyl sites for hydroxylation is 1. The Morgan fingerprint density at radius 2 is 1.81 bits per heavy atom. The van der Waals surface area contributed by atoms with Crippen LogP contribution in [0.4, 0.5) is 0 Å². The van der Waals surface area contributed by atoms with E-state index in [0.717, 1.165) is 17.5 Å². The van der Waals surface area contributed by atoms with Gasteiger partial charge in [0.05, 0.1) is 0 Å². The van der Waals surface area contributed by atoms with Crippen LogP contribution in [0.15, 0.2) is 48.5 Å². The lowest BCUT2D eigenvalue weighted by molar-refractivity contribution is -0.116. The molecule has 106 valence electrons. The van der Waals surface area contributed by atoms with E-state index < -0.39 is 0 Å². The molecule has 0 saturated carbocycles. The van der Waals surface area contributed by atoms with Crippen molar-refractivity contribution in [2.75, 3.05) is 0 Å². The average Bonchev–Trinajstić information content (AvgIpc) is 2.52. The molecule has 1 unspecified atom stereocenters. The van der Waals surface area contributed by atoms with Gasteiger partial charge in [0.1, 0.15) is 0 Å². The van der Waals surface area contributed by atoms with Crippen molar-refractivity contribution in [3.05, 3.63) is 59.7 Å². The summed E-state index contributed by atoms with van der Waals surface area (Å²) in [5.41, 5.74) is 4.49. The number of hydrogen-bond acceptors (Lipinski definition) is 1. The molecule has 1 heteroatoms. The lowest BCUT2D eigenvalue weighted by Crippen LogP contribution is -2.06. The van der Waals surface area contributed by atoms with E-state index in [1.54, 1.807) is 0 Å². The zero-order valence-electron chi connectivity index (χ0n) is 12.8. The highest BCUT2D eigenvalue weighted by Crippen LogP contribution is 2.20. The maximum absolute atomic E-state index is 11.7. The van der Waals surface area contributed by atoms with Crippen molar-refractivity contribution in [1.82, 2.24) is 0 Å². The summed E-state index contributed by atoms with van der Waals surface area (Å²) < 4.78 is 0. The van der Waals surface area contributed by atoms with Crippen molar-refractivity contribution in [2.45, 2.75) is 27.2 Å². The SMILES string of the molecule is CCC(C)C(=O)C#Cc1ccc(-c2cccc(C)c2)cc1. The second kappa shape index (κ2) is 6.90. The lowest BCUT2D eigenvalue weighted by atomic mass is 10.0. The molecule has 0 amide bonds. The third kappa shape index (κ3) is 4.07. The van der Waals surface area contributed by atoms with Crippen LogP contribution in [0.2, 0.25) is 0 Å². The van der Waals surface area contributed by atoms with Gasteiger partial charge in [-0.05, 0) is 42.5 Å². The van der Waals surface area contributed by atoms with Crippen LogP contribution >= 0.6 is 0 Å². The van der Waals surface area contributed by atoms with E-state index in [1.165, 1.54) is 11.1 Å². The molecule has 2 aromatic carbocycles. The largest absolute Gasteiger partial charge is 0.285 e. The minimum atomic E-state index is 0.0141. The zero-order chi connectivity index (χ0) is 15.2. The predicted octanol–water partition coefficient (Wildman–Crippen LogP) is 4.63. The molecule has 0 aliphatic heterocycles. The minimum Gasteiger partial charge on any atom is -0.285 e. The molecule has 1 nitrogen and oxygen atoms in total. The van der Waals surface area contributed by atoms with Gasteiger partial charge in [0.2, 0.25) is 5.78 Å². The molecule has 21 heavy (non-hydrogen) atoms. The van der Waals surface area contributed by atoms with Gasteiger partial charge in [-0.3, -0.25) is 4.79 Å². The van der Waals surface area contributed by atoms with Gasteiger partial charge in [-0.1, -0.05) is 61.7 Å². The molecule has 2 rings (SSSR count). The predicted molar refractivity (Wildman–Crippen MR) is 88.0 cm³/mol. The van der Waals surface area contributed by atoms with Crippen molar-refractivity contribution in [3.63, 3.8) is 0 Å². The highest BCUT2D eigenvalue weighted by atomic mass is 16.1. The molecule has 0 heterocycles. The number of rotatable bonds is 3. The fourth-order valence-electron chi connectivity index (χ4n) is 2.01. The van der Waals surface area contributed by atoms with Gasteiger partial charge < -0.3 is 0 Å². The monoisotopic (exact) mass is 276 g/mol. The Morgan fingerprint density at radius 1 is 1.10 bits per heavy atom. The number of Topliss-reactive ketones (excluding diaryl/α,β-unsaturated/α-hetero) is 1. The molecule has 0 spiro atoms. The molecule has 1 atom stereocenters. The molecule has 0 aliphatic rings. The maximum Gasteiger partial charge on any atom is 0.208 e. The fourth-order valence-corrected chi connectivity index (χ4v) is 2.01. The van der Waals surface area contributed by atoms with Gasteiger partial charge in [-0.25, -0.2) is 0 Å². The first kappa shape index (κ1) is 15.1. The first-order valence-corrected chi connectivity index (χ1v) is 7.33. The normalized spacial score (nSPS) is 11.4. The molecule has 0 radical (unpaired) electrons. The highest BCUT2D eigenvalue weighted by Gasteiger charge is 2.06. The first-order valence-electron chi connectivity index (χ1n) is 7.33. The summed E-state index contributed by atoms with van der Waals surface area (Å²) in [6, 6.07) is 16.4. The van der Waals surface area contributed by atoms with Crippen molar-refractivity contribution in [3.8, 4) is 23.0 Å². The molecule has 0 bridgehead atoms. The van der Waals surface area contributed by atoms with E-state index in [9.17, 15) is 4.79 Å². The van der Waals surface area contributed by atoms with E-state index in [1.807, 2.05) is 38.1 Å². The van der Waals surface area contributed by atoms with Crippen LogP contribution in [0.1, 0.15) is 31.4 Å². The van der Waals surface area contributed by atoms with Crippen molar-refractivity contribution < 1.29 is 4.79 Å². The van der Waals surface area contributed by atoms with Crippen molar-refractivity contribution in [1.29, 1.82) is 0 Å². The summed E-state index contributed by atoms with van der Waals surface area (Å²) in [6.45, 7) is 6.00. The molecular weight excluding hydrogens is 256 g/mol. The van der Waals surface area contributed by atoms with Gasteiger partial charge in [0.25, 0.3) is 0 Å². The van der Waals surface area contributed by atoms with Gasteiger partial charge in [0.15, 0.2) is 0 Å². The Labute approximate surface area is 127 Å². The molecule has 2 aromatic rings. The van der Waals surface area contributed by atoms with Crippen molar-refractivity contribution in [2.24, 2.45) is 5.92 Å². The van der Waals surface area contributed by atoms with Crippen LogP contribution in [-0.2, 0) is 4.79 Å². The lowest BCUT2D eigenvalue weighted by Gasteiger charge is -2.03. The van der Waals surface area contributed by atoms with Crippen LogP contribution in [0.5, 0.6) is 0 Å². The molecule has 0 fully saturated rings. The average molecular weight is 276 g/mol.